The van der Waals surface area contributed by atoms with E-state index in [1.807, 2.05) is 40.6 Å². The van der Waals surface area contributed by atoms with E-state index in [-0.39, 0.29) is 24.0 Å². The number of rotatable bonds is 5. The summed E-state index contributed by atoms with van der Waals surface area (Å²) in [7, 11) is 0. The molecule has 0 spiro atoms. The zero-order chi connectivity index (χ0) is 17.1. The number of aromatic nitrogens is 3. The Morgan fingerprint density at radius 3 is 2.88 bits per heavy atom. The third-order valence-corrected chi connectivity index (χ3v) is 5.72. The minimum Gasteiger partial charge on any atom is -0.335 e. The Morgan fingerprint density at radius 1 is 1.33 bits per heavy atom. The number of carbonyl (C=O) groups excluding carboxylic acids is 1. The molecule has 0 aliphatic heterocycles. The molecule has 2 N–H and O–H groups in total. The summed E-state index contributed by atoms with van der Waals surface area (Å²) in [6, 6.07) is 5.76. The maximum Gasteiger partial charge on any atom is 0.315 e. The van der Waals surface area contributed by atoms with E-state index < -0.39 is 0 Å². The SMILES string of the molecule is CS[C@@H]1CC[C@H](NC(=O)N[C@H](c2nnc3ccccn23)C(C)C)C1. The third-order valence-electron chi connectivity index (χ3n) is 4.62. The van der Waals surface area contributed by atoms with Crippen LogP contribution >= 0.6 is 11.8 Å². The van der Waals surface area contributed by atoms with Crippen molar-refractivity contribution in [2.45, 2.75) is 50.4 Å². The van der Waals surface area contributed by atoms with Gasteiger partial charge in [0.2, 0.25) is 0 Å². The van der Waals surface area contributed by atoms with Crippen LogP contribution in [0, 0.1) is 5.92 Å². The van der Waals surface area contributed by atoms with Gasteiger partial charge in [-0.05, 0) is 43.6 Å². The van der Waals surface area contributed by atoms with E-state index >= 15 is 0 Å². The number of pyridine rings is 1. The monoisotopic (exact) mass is 347 g/mol. The smallest absolute Gasteiger partial charge is 0.315 e. The Morgan fingerprint density at radius 2 is 2.17 bits per heavy atom. The van der Waals surface area contributed by atoms with E-state index in [1.165, 1.54) is 6.42 Å². The van der Waals surface area contributed by atoms with E-state index in [4.69, 9.17) is 0 Å². The second kappa shape index (κ2) is 7.42. The Labute approximate surface area is 146 Å². The highest BCUT2D eigenvalue weighted by atomic mass is 32.2. The summed E-state index contributed by atoms with van der Waals surface area (Å²) >= 11 is 1.89. The molecule has 1 aliphatic rings. The Bertz CT molecular complexity index is 701. The maximum atomic E-state index is 12.5. The van der Waals surface area contributed by atoms with E-state index in [2.05, 4.69) is 40.9 Å². The van der Waals surface area contributed by atoms with Crippen LogP contribution in [0.25, 0.3) is 5.65 Å². The zero-order valence-corrected chi connectivity index (χ0v) is 15.2. The molecule has 1 aliphatic carbocycles. The molecular formula is C17H25N5OS. The van der Waals surface area contributed by atoms with Crippen molar-refractivity contribution in [2.75, 3.05) is 6.26 Å². The highest BCUT2D eigenvalue weighted by Crippen LogP contribution is 2.28. The van der Waals surface area contributed by atoms with Crippen LogP contribution in [0.4, 0.5) is 4.79 Å². The van der Waals surface area contributed by atoms with Crippen molar-refractivity contribution in [1.82, 2.24) is 25.2 Å². The zero-order valence-electron chi connectivity index (χ0n) is 14.4. The molecule has 2 heterocycles. The molecule has 7 heteroatoms. The summed E-state index contributed by atoms with van der Waals surface area (Å²) in [5.74, 6) is 0.982. The summed E-state index contributed by atoms with van der Waals surface area (Å²) in [5, 5.41) is 15.4. The number of thioether (sulfide) groups is 1. The van der Waals surface area contributed by atoms with E-state index in [0.29, 0.717) is 5.25 Å². The second-order valence-electron chi connectivity index (χ2n) is 6.69. The summed E-state index contributed by atoms with van der Waals surface area (Å²) < 4.78 is 1.93. The van der Waals surface area contributed by atoms with Gasteiger partial charge < -0.3 is 10.6 Å². The topological polar surface area (TPSA) is 71.3 Å². The fourth-order valence-electron chi connectivity index (χ4n) is 3.25. The molecule has 24 heavy (non-hydrogen) atoms. The average Bonchev–Trinajstić information content (AvgIpc) is 3.19. The highest BCUT2D eigenvalue weighted by Gasteiger charge is 2.28. The van der Waals surface area contributed by atoms with Crippen LogP contribution in [-0.2, 0) is 0 Å². The lowest BCUT2D eigenvalue weighted by Gasteiger charge is -2.22. The van der Waals surface area contributed by atoms with Gasteiger partial charge in [0.15, 0.2) is 11.5 Å². The van der Waals surface area contributed by atoms with Gasteiger partial charge in [-0.2, -0.15) is 11.8 Å². The first-order chi connectivity index (χ1) is 11.6. The predicted octanol–water partition coefficient (Wildman–Crippen LogP) is 3.01. The highest BCUT2D eigenvalue weighted by molar-refractivity contribution is 7.99. The van der Waals surface area contributed by atoms with Crippen molar-refractivity contribution in [3.8, 4) is 0 Å². The van der Waals surface area contributed by atoms with Gasteiger partial charge in [-0.15, -0.1) is 10.2 Å². The van der Waals surface area contributed by atoms with Gasteiger partial charge in [0.05, 0.1) is 6.04 Å². The minimum absolute atomic E-state index is 0.117. The Balaban J connectivity index is 1.69. The lowest BCUT2D eigenvalue weighted by Crippen LogP contribution is -2.44. The Hall–Kier alpha value is -1.76. The van der Waals surface area contributed by atoms with Gasteiger partial charge in [0.1, 0.15) is 0 Å². The van der Waals surface area contributed by atoms with Gasteiger partial charge in [-0.1, -0.05) is 19.9 Å². The molecule has 2 amide bonds. The van der Waals surface area contributed by atoms with Crippen molar-refractivity contribution in [2.24, 2.45) is 5.92 Å². The van der Waals surface area contributed by atoms with Crippen molar-refractivity contribution in [1.29, 1.82) is 0 Å². The third kappa shape index (κ3) is 3.66. The molecule has 0 bridgehead atoms. The first-order valence-corrected chi connectivity index (χ1v) is 9.76. The average molecular weight is 347 g/mol. The minimum atomic E-state index is -0.180. The van der Waals surface area contributed by atoms with E-state index in [9.17, 15) is 4.79 Å². The molecule has 1 fully saturated rings. The van der Waals surface area contributed by atoms with Crippen LogP contribution in [0.3, 0.4) is 0 Å². The number of fused-ring (bicyclic) bond motifs is 1. The molecule has 0 unspecified atom stereocenters. The fraction of sp³-hybridized carbons (Fsp3) is 0.588. The number of nitrogens with one attached hydrogen (secondary N) is 2. The van der Waals surface area contributed by atoms with Crippen LogP contribution < -0.4 is 10.6 Å². The molecule has 0 aromatic carbocycles. The standard InChI is InChI=1S/C17H25N5OS/c1-11(2)15(16-21-20-14-6-4-5-9-22(14)16)19-17(23)18-12-7-8-13(10-12)24-3/h4-6,9,11-13,15H,7-8,10H2,1-3H3,(H2,18,19,23)/t12-,13+,15-/m0/s1. The number of nitrogens with zero attached hydrogens (tertiary/aromatic N) is 3. The first-order valence-electron chi connectivity index (χ1n) is 8.48. The fourth-order valence-corrected chi connectivity index (χ4v) is 4.05. The summed E-state index contributed by atoms with van der Waals surface area (Å²) in [5.41, 5.74) is 0.791. The van der Waals surface area contributed by atoms with Crippen LogP contribution in [0.1, 0.15) is 45.0 Å². The van der Waals surface area contributed by atoms with E-state index in [0.717, 1.165) is 24.3 Å². The molecule has 1 saturated carbocycles. The lowest BCUT2D eigenvalue weighted by molar-refractivity contribution is 0.228. The maximum absolute atomic E-state index is 12.5. The summed E-state index contributed by atoms with van der Waals surface area (Å²) in [6.45, 7) is 4.16. The number of amides is 2. The van der Waals surface area contributed by atoms with Crippen molar-refractivity contribution < 1.29 is 4.79 Å². The number of hydrogen-bond acceptors (Lipinski definition) is 4. The molecule has 130 valence electrons. The number of carbonyl (C=O) groups is 1. The van der Waals surface area contributed by atoms with Crippen molar-refractivity contribution in [3.63, 3.8) is 0 Å². The van der Waals surface area contributed by atoms with Crippen molar-refractivity contribution >= 4 is 23.4 Å². The molecule has 0 saturated heterocycles. The van der Waals surface area contributed by atoms with Crippen LogP contribution in [0.5, 0.6) is 0 Å². The van der Waals surface area contributed by atoms with Crippen LogP contribution in [0.15, 0.2) is 24.4 Å². The van der Waals surface area contributed by atoms with Gasteiger partial charge in [0, 0.05) is 17.5 Å². The largest absolute Gasteiger partial charge is 0.335 e. The molecule has 3 atom stereocenters. The number of hydrogen-bond donors (Lipinski definition) is 2. The molecule has 2 aromatic heterocycles. The van der Waals surface area contributed by atoms with Crippen LogP contribution in [-0.4, -0.2) is 38.2 Å². The summed E-state index contributed by atoms with van der Waals surface area (Å²) in [4.78, 5) is 12.5. The Kier molecular flexibility index (Phi) is 5.28. The molecule has 2 aromatic rings. The van der Waals surface area contributed by atoms with Crippen LogP contribution in [0.2, 0.25) is 0 Å². The van der Waals surface area contributed by atoms with E-state index in [1.54, 1.807) is 0 Å². The van der Waals surface area contributed by atoms with Gasteiger partial charge in [-0.3, -0.25) is 4.40 Å². The quantitative estimate of drug-likeness (QED) is 0.872. The molecule has 6 nitrogen and oxygen atoms in total. The molecular weight excluding hydrogens is 322 g/mol. The van der Waals surface area contributed by atoms with Gasteiger partial charge >= 0.3 is 6.03 Å². The normalized spacial score (nSPS) is 22.0. The summed E-state index contributed by atoms with van der Waals surface area (Å²) in [6.07, 6.45) is 7.35. The second-order valence-corrected chi connectivity index (χ2v) is 7.83. The first kappa shape index (κ1) is 17.1. The van der Waals surface area contributed by atoms with Crippen molar-refractivity contribution in [3.05, 3.63) is 30.2 Å². The molecule has 0 radical (unpaired) electrons. The number of urea groups is 1. The van der Waals surface area contributed by atoms with Gasteiger partial charge in [0.25, 0.3) is 0 Å². The lowest BCUT2D eigenvalue weighted by atomic mass is 10.0. The van der Waals surface area contributed by atoms with Gasteiger partial charge in [-0.25, -0.2) is 4.79 Å². The molecule has 3 rings (SSSR count). The predicted molar refractivity (Wildman–Crippen MR) is 97.2 cm³/mol.